The van der Waals surface area contributed by atoms with E-state index in [9.17, 15) is 28.2 Å². The Morgan fingerprint density at radius 2 is 2.02 bits per heavy atom. The molecule has 1 saturated heterocycles. The number of carbonyl (C=O) groups is 2. The first-order valence-electron chi connectivity index (χ1n) is 13.1. The van der Waals surface area contributed by atoms with E-state index in [2.05, 4.69) is 4.98 Å². The first kappa shape index (κ1) is 30.3. The van der Waals surface area contributed by atoms with E-state index in [0.29, 0.717) is 52.1 Å². The Morgan fingerprint density at radius 1 is 1.31 bits per heavy atom. The molecule has 0 bridgehead atoms. The molecule has 12 nitrogen and oxygen atoms in total. The number of rotatable bonds is 9. The highest BCUT2D eigenvalue weighted by atomic mass is 32.3. The van der Waals surface area contributed by atoms with Crippen molar-refractivity contribution in [3.8, 4) is 16.5 Å². The van der Waals surface area contributed by atoms with Crippen LogP contribution in [0.4, 0.5) is 14.2 Å². The average molecular weight is 626 g/mol. The fraction of sp³-hybridized carbons (Fsp3) is 0.444. The number of halogens is 1. The van der Waals surface area contributed by atoms with Crippen LogP contribution in [0.2, 0.25) is 0 Å². The number of anilines is 1. The minimum absolute atomic E-state index is 0.0225. The summed E-state index contributed by atoms with van der Waals surface area (Å²) in [4.78, 5) is 32.4. The molecule has 2 aromatic heterocycles. The molecule has 0 saturated carbocycles. The van der Waals surface area contributed by atoms with Gasteiger partial charge >= 0.3 is 12.0 Å². The van der Waals surface area contributed by atoms with Gasteiger partial charge in [0, 0.05) is 18.8 Å². The summed E-state index contributed by atoms with van der Waals surface area (Å²) in [5.41, 5.74) is -1.33. The van der Waals surface area contributed by atoms with Crippen LogP contribution in [-0.2, 0) is 14.3 Å². The van der Waals surface area contributed by atoms with Crippen LogP contribution in [0.1, 0.15) is 43.9 Å². The number of hydrogen-bond acceptors (Lipinski definition) is 10. The average Bonchev–Trinajstić information content (AvgIpc) is 3.59. The third-order valence-electron chi connectivity index (χ3n) is 7.32. The van der Waals surface area contributed by atoms with Gasteiger partial charge in [-0.15, -0.1) is 11.3 Å². The summed E-state index contributed by atoms with van der Waals surface area (Å²) >= 11 is 1.05. The Balaban J connectivity index is 1.68. The van der Waals surface area contributed by atoms with Crippen molar-refractivity contribution in [3.05, 3.63) is 47.6 Å². The Bertz CT molecular complexity index is 1470. The van der Waals surface area contributed by atoms with E-state index in [1.165, 1.54) is 56.5 Å². The zero-order chi connectivity index (χ0) is 30.4. The number of methoxy groups -OCH3 is 1. The lowest BCUT2D eigenvalue weighted by Gasteiger charge is -2.53. The van der Waals surface area contributed by atoms with Gasteiger partial charge in [-0.3, -0.25) is 14.0 Å². The maximum atomic E-state index is 14.6. The second-order valence-corrected chi connectivity index (χ2v) is 13.2. The molecule has 228 valence electrons. The molecular formula is C27H32FN3O9S2. The lowest BCUT2D eigenvalue weighted by atomic mass is 10.0. The first-order chi connectivity index (χ1) is 19.9. The molecule has 1 fully saturated rings. The number of nitrogens with zero attached hydrogens (tertiary/aromatic N) is 3. The number of carboxylic acids is 1. The number of aliphatic carboxylic acids is 1. The molecule has 5 rings (SSSR count). The number of hydrogen-bond donors (Lipinski definition) is 3. The monoisotopic (exact) mass is 625 g/mol. The van der Waals surface area contributed by atoms with Gasteiger partial charge in [-0.25, -0.2) is 23.3 Å². The summed E-state index contributed by atoms with van der Waals surface area (Å²) in [5.74, 6) is -1.46. The summed E-state index contributed by atoms with van der Waals surface area (Å²) in [6.07, 6.45) is 2.70. The van der Waals surface area contributed by atoms with Crippen LogP contribution >= 0.6 is 22.1 Å². The van der Waals surface area contributed by atoms with Gasteiger partial charge < -0.3 is 23.7 Å². The van der Waals surface area contributed by atoms with Crippen molar-refractivity contribution in [2.24, 2.45) is 0 Å². The number of urea groups is 1. The number of benzene rings is 1. The molecule has 0 spiro atoms. The van der Waals surface area contributed by atoms with Crippen LogP contribution in [0.25, 0.3) is 10.8 Å². The largest absolute Gasteiger partial charge is 0.496 e. The van der Waals surface area contributed by atoms with Crippen molar-refractivity contribution in [1.29, 1.82) is 0 Å². The quantitative estimate of drug-likeness (QED) is 0.261. The molecule has 2 aliphatic heterocycles. The number of oxazole rings is 1. The second kappa shape index (κ2) is 11.5. The molecule has 0 aliphatic carbocycles. The van der Waals surface area contributed by atoms with Gasteiger partial charge in [0.2, 0.25) is 5.89 Å². The van der Waals surface area contributed by atoms with Gasteiger partial charge in [-0.1, -0.05) is 10.8 Å². The van der Waals surface area contributed by atoms with Gasteiger partial charge in [-0.2, -0.15) is 0 Å². The van der Waals surface area contributed by atoms with Gasteiger partial charge in [-0.05, 0) is 57.4 Å². The zero-order valence-corrected chi connectivity index (χ0v) is 25.0. The lowest BCUT2D eigenvalue weighted by Crippen LogP contribution is -2.60. The number of carboxylic acid groups (broad SMARTS) is 1. The topological polar surface area (TPSA) is 155 Å². The molecule has 3 N–H and O–H groups in total. The number of amides is 2. The molecule has 2 aliphatic rings. The first-order valence-corrected chi connectivity index (χ1v) is 15.4. The number of thiophene rings is 1. The van der Waals surface area contributed by atoms with Crippen molar-refractivity contribution in [1.82, 2.24) is 9.29 Å². The highest BCUT2D eigenvalue weighted by molar-refractivity contribution is 8.23. The number of fused-ring (bicyclic) bond motifs is 1. The van der Waals surface area contributed by atoms with Crippen molar-refractivity contribution in [2.75, 3.05) is 31.8 Å². The third-order valence-corrected chi connectivity index (χ3v) is 10.9. The summed E-state index contributed by atoms with van der Waals surface area (Å²) in [6.45, 7) is 4.76. The predicted octanol–water partition coefficient (Wildman–Crippen LogP) is 5.93. The van der Waals surface area contributed by atoms with Gasteiger partial charge in [0.1, 0.15) is 33.8 Å². The van der Waals surface area contributed by atoms with Crippen LogP contribution in [-0.4, -0.2) is 74.0 Å². The lowest BCUT2D eigenvalue weighted by molar-refractivity contribution is -0.145. The number of carbonyl (C=O) groups excluding carboxylic acids is 1. The molecular weight excluding hydrogens is 593 g/mol. The Labute approximate surface area is 247 Å². The highest BCUT2D eigenvalue weighted by Crippen LogP contribution is 2.66. The van der Waals surface area contributed by atoms with Crippen molar-refractivity contribution in [2.45, 2.75) is 56.3 Å². The fourth-order valence-electron chi connectivity index (χ4n) is 5.11. The maximum Gasteiger partial charge on any atom is 0.344 e. The molecule has 42 heavy (non-hydrogen) atoms. The molecule has 3 aromatic rings. The summed E-state index contributed by atoms with van der Waals surface area (Å²) in [7, 11) is -2.72. The van der Waals surface area contributed by atoms with E-state index in [1.807, 2.05) is 0 Å². The van der Waals surface area contributed by atoms with E-state index >= 15 is 0 Å². The Morgan fingerprint density at radius 3 is 2.64 bits per heavy atom. The van der Waals surface area contributed by atoms with Gasteiger partial charge in [0.25, 0.3) is 0 Å². The minimum atomic E-state index is -4.16. The van der Waals surface area contributed by atoms with E-state index in [-0.39, 0.29) is 28.4 Å². The van der Waals surface area contributed by atoms with E-state index in [4.69, 9.17) is 18.6 Å². The third kappa shape index (κ3) is 5.24. The van der Waals surface area contributed by atoms with E-state index in [1.54, 1.807) is 6.92 Å². The normalized spacial score (nSPS) is 19.0. The molecule has 15 heteroatoms. The van der Waals surface area contributed by atoms with Crippen LogP contribution in [0, 0.1) is 12.7 Å². The maximum absolute atomic E-state index is 14.6. The van der Waals surface area contributed by atoms with Crippen molar-refractivity contribution < 1.29 is 46.8 Å². The molecule has 1 atom stereocenters. The molecule has 4 heterocycles. The van der Waals surface area contributed by atoms with Gasteiger partial charge in [0.05, 0.1) is 30.8 Å². The summed E-state index contributed by atoms with van der Waals surface area (Å²) in [6, 6.07) is 3.00. The predicted molar refractivity (Wildman–Crippen MR) is 153 cm³/mol. The standard InChI is InChI=1S/C27H32FN3O9S2/c1-15-21(23-29-9-12-39-23)41-24-22(15)42(35,36)31(27(2,3)25(32)33)26(34)30(24)14-20(40-17-7-10-38-11-8-17)18-13-16(28)5-6-19(18)37-4/h5-6,9,12-13,17,20,35-36H,7-8,10-11,14H2,1-4H3,(H,32,33). The van der Waals surface area contributed by atoms with E-state index in [0.717, 1.165) is 11.3 Å². The van der Waals surface area contributed by atoms with Crippen LogP contribution in [0.5, 0.6) is 5.75 Å². The number of aromatic nitrogens is 1. The smallest absolute Gasteiger partial charge is 0.344 e. The van der Waals surface area contributed by atoms with Crippen LogP contribution < -0.4 is 9.64 Å². The number of ether oxygens (including phenoxy) is 3. The molecule has 0 radical (unpaired) electrons. The zero-order valence-electron chi connectivity index (χ0n) is 23.4. The summed E-state index contributed by atoms with van der Waals surface area (Å²) < 4.78 is 61.2. The summed E-state index contributed by atoms with van der Waals surface area (Å²) in [5, 5.41) is 10.2. The molecule has 1 unspecified atom stereocenters. The van der Waals surface area contributed by atoms with Crippen molar-refractivity contribution >= 4 is 39.1 Å². The van der Waals surface area contributed by atoms with Crippen LogP contribution in [0.15, 0.2) is 40.0 Å². The SMILES string of the molecule is COc1ccc(F)cc1C(CN1C(=O)N(C(C)(C)C(=O)O)S(O)(O)c2c1sc(-c1ncco1)c2C)OC1CCOCC1. The fourth-order valence-corrected chi connectivity index (χ4v) is 8.85. The molecule has 1 aromatic carbocycles. The second-order valence-electron chi connectivity index (χ2n) is 10.4. The van der Waals surface area contributed by atoms with E-state index < -0.39 is 40.2 Å². The Kier molecular flexibility index (Phi) is 8.26. The minimum Gasteiger partial charge on any atom is -0.496 e. The van der Waals surface area contributed by atoms with Crippen molar-refractivity contribution in [3.63, 3.8) is 0 Å². The highest BCUT2D eigenvalue weighted by Gasteiger charge is 2.54. The Hall–Kier alpha value is -3.21. The van der Waals surface area contributed by atoms with Crippen LogP contribution in [0.3, 0.4) is 0 Å². The molecule has 2 amide bonds. The van der Waals surface area contributed by atoms with Gasteiger partial charge in [0.15, 0.2) is 5.54 Å².